The number of hydrogen-bond donors (Lipinski definition) is 2. The Morgan fingerprint density at radius 3 is 2.74 bits per heavy atom. The number of benzene rings is 1. The maximum Gasteiger partial charge on any atom is 0.239 e. The van der Waals surface area contributed by atoms with Gasteiger partial charge in [0.25, 0.3) is 0 Å². The number of H-pyrrole nitrogens is 1. The highest BCUT2D eigenvalue weighted by atomic mass is 16.7. The van der Waals surface area contributed by atoms with Crippen molar-refractivity contribution in [1.29, 1.82) is 0 Å². The predicted octanol–water partition coefficient (Wildman–Crippen LogP) is 2.45. The van der Waals surface area contributed by atoms with Gasteiger partial charge in [0.15, 0.2) is 17.5 Å². The largest absolute Gasteiger partial charge is 0.495 e. The number of aromatic nitrogens is 1. The third-order valence-corrected chi connectivity index (χ3v) is 6.60. The zero-order chi connectivity index (χ0) is 22.1. The molecule has 2 aliphatic heterocycles. The van der Waals surface area contributed by atoms with Crippen molar-refractivity contribution in [2.75, 3.05) is 40.0 Å². The Hall–Kier alpha value is -2.13. The van der Waals surface area contributed by atoms with Gasteiger partial charge in [-0.1, -0.05) is 12.1 Å². The standard InChI is InChI=1S/C23H32N2O6/c1-4-29-21(30-5-2)22-11-14-31-23(22,27)10-13-25(20(22)26)12-9-16-15-24-19-17(16)7-6-8-18(19)28-3/h6-8,15,21,24,27H,4-5,9-14H2,1-3H3/t22-,23+/m1/s1. The van der Waals surface area contributed by atoms with E-state index in [4.69, 9.17) is 18.9 Å². The molecule has 0 spiro atoms. The van der Waals surface area contributed by atoms with E-state index in [0.29, 0.717) is 52.2 Å². The minimum absolute atomic E-state index is 0.164. The second-order valence-corrected chi connectivity index (χ2v) is 8.09. The summed E-state index contributed by atoms with van der Waals surface area (Å²) in [4.78, 5) is 18.8. The molecule has 1 aromatic heterocycles. The summed E-state index contributed by atoms with van der Waals surface area (Å²) in [7, 11) is 1.65. The number of carbonyl (C=O) groups is 1. The van der Waals surface area contributed by atoms with E-state index in [0.717, 1.165) is 22.2 Å². The summed E-state index contributed by atoms with van der Waals surface area (Å²) < 4.78 is 22.8. The van der Waals surface area contributed by atoms with Crippen LogP contribution in [0.15, 0.2) is 24.4 Å². The summed E-state index contributed by atoms with van der Waals surface area (Å²) in [5.41, 5.74) is 0.818. The molecule has 1 aromatic carbocycles. The van der Waals surface area contributed by atoms with E-state index < -0.39 is 17.5 Å². The van der Waals surface area contributed by atoms with Crippen molar-refractivity contribution in [3.63, 3.8) is 0 Å². The monoisotopic (exact) mass is 432 g/mol. The number of hydrogen-bond acceptors (Lipinski definition) is 6. The van der Waals surface area contributed by atoms with Gasteiger partial charge in [-0.25, -0.2) is 0 Å². The molecule has 0 radical (unpaired) electrons. The van der Waals surface area contributed by atoms with E-state index in [1.807, 2.05) is 43.1 Å². The highest BCUT2D eigenvalue weighted by Gasteiger charge is 2.68. The lowest BCUT2D eigenvalue weighted by Gasteiger charge is -2.49. The fourth-order valence-electron chi connectivity index (χ4n) is 5.01. The summed E-state index contributed by atoms with van der Waals surface area (Å²) in [6, 6.07) is 5.93. The topological polar surface area (TPSA) is 93.2 Å². The molecule has 0 bridgehead atoms. The maximum atomic E-state index is 13.7. The molecule has 3 heterocycles. The Morgan fingerprint density at radius 2 is 2.03 bits per heavy atom. The quantitative estimate of drug-likeness (QED) is 0.592. The van der Waals surface area contributed by atoms with Gasteiger partial charge in [-0.3, -0.25) is 4.79 Å². The maximum absolute atomic E-state index is 13.7. The normalized spacial score (nSPS) is 26.1. The molecule has 2 N–H and O–H groups in total. The number of ether oxygens (including phenoxy) is 4. The van der Waals surface area contributed by atoms with E-state index in [2.05, 4.69) is 4.98 Å². The fourth-order valence-corrected chi connectivity index (χ4v) is 5.01. The Morgan fingerprint density at radius 1 is 1.26 bits per heavy atom. The van der Waals surface area contributed by atoms with Crippen molar-refractivity contribution in [2.24, 2.45) is 5.41 Å². The third-order valence-electron chi connectivity index (χ3n) is 6.60. The molecule has 0 unspecified atom stereocenters. The number of nitrogens with one attached hydrogen (secondary N) is 1. The van der Waals surface area contributed by atoms with Gasteiger partial charge in [-0.15, -0.1) is 0 Å². The van der Waals surface area contributed by atoms with Gasteiger partial charge in [-0.2, -0.15) is 0 Å². The lowest BCUT2D eigenvalue weighted by atomic mass is 9.72. The van der Waals surface area contributed by atoms with Crippen molar-refractivity contribution in [3.05, 3.63) is 30.0 Å². The van der Waals surface area contributed by atoms with Crippen LogP contribution in [0, 0.1) is 5.41 Å². The number of amides is 1. The van der Waals surface area contributed by atoms with Crippen molar-refractivity contribution in [3.8, 4) is 5.75 Å². The molecule has 2 atom stereocenters. The molecule has 2 fully saturated rings. The van der Waals surface area contributed by atoms with Crippen LogP contribution in [0.25, 0.3) is 10.9 Å². The number of para-hydroxylation sites is 1. The number of methoxy groups -OCH3 is 1. The molecule has 1 amide bonds. The summed E-state index contributed by atoms with van der Waals surface area (Å²) >= 11 is 0. The van der Waals surface area contributed by atoms with Gasteiger partial charge in [0.1, 0.15) is 5.75 Å². The highest BCUT2D eigenvalue weighted by molar-refractivity contribution is 5.89. The zero-order valence-corrected chi connectivity index (χ0v) is 18.5. The van der Waals surface area contributed by atoms with Gasteiger partial charge in [0.2, 0.25) is 5.91 Å². The summed E-state index contributed by atoms with van der Waals surface area (Å²) in [6.45, 7) is 5.73. The van der Waals surface area contributed by atoms with Gasteiger partial charge in [0.05, 0.1) is 19.2 Å². The van der Waals surface area contributed by atoms with Crippen LogP contribution in [-0.4, -0.2) is 73.0 Å². The number of likely N-dealkylation sites (tertiary alicyclic amines) is 1. The van der Waals surface area contributed by atoms with Crippen molar-refractivity contribution < 1.29 is 28.8 Å². The second-order valence-electron chi connectivity index (χ2n) is 8.09. The highest BCUT2D eigenvalue weighted by Crippen LogP contribution is 2.52. The SMILES string of the molecule is CCOC(OCC)[C@]12CCO[C@@]1(O)CCN(CCc1c[nH]c3c(OC)cccc13)C2=O. The van der Waals surface area contributed by atoms with Crippen LogP contribution in [0.5, 0.6) is 5.75 Å². The molecule has 8 heteroatoms. The van der Waals surface area contributed by atoms with Gasteiger partial charge in [0, 0.05) is 44.3 Å². The lowest BCUT2D eigenvalue weighted by Crippen LogP contribution is -2.67. The Labute approximate surface area is 182 Å². The predicted molar refractivity (Wildman–Crippen MR) is 115 cm³/mol. The molecular formula is C23H32N2O6. The molecule has 4 rings (SSSR count). The Bertz CT molecular complexity index is 924. The van der Waals surface area contributed by atoms with Gasteiger partial charge >= 0.3 is 0 Å². The average molecular weight is 433 g/mol. The number of rotatable bonds is 9. The van der Waals surface area contributed by atoms with E-state index >= 15 is 0 Å². The molecule has 0 aliphatic carbocycles. The summed E-state index contributed by atoms with van der Waals surface area (Å²) in [6.07, 6.45) is 2.51. The van der Waals surface area contributed by atoms with Crippen LogP contribution in [0.2, 0.25) is 0 Å². The van der Waals surface area contributed by atoms with Crippen LogP contribution in [0.3, 0.4) is 0 Å². The van der Waals surface area contributed by atoms with E-state index in [-0.39, 0.29) is 5.91 Å². The fraction of sp³-hybridized carbons (Fsp3) is 0.609. The van der Waals surface area contributed by atoms with Crippen LogP contribution < -0.4 is 4.74 Å². The number of aliphatic hydroxyl groups is 1. The van der Waals surface area contributed by atoms with E-state index in [9.17, 15) is 9.90 Å². The molecule has 0 saturated carbocycles. The zero-order valence-electron chi connectivity index (χ0n) is 18.5. The minimum Gasteiger partial charge on any atom is -0.495 e. The van der Waals surface area contributed by atoms with Gasteiger partial charge in [-0.05, 0) is 38.3 Å². The van der Waals surface area contributed by atoms with Crippen LogP contribution in [-0.2, 0) is 25.4 Å². The van der Waals surface area contributed by atoms with Crippen LogP contribution >= 0.6 is 0 Å². The average Bonchev–Trinajstić information content (AvgIpc) is 3.35. The van der Waals surface area contributed by atoms with Gasteiger partial charge < -0.3 is 33.9 Å². The number of fused-ring (bicyclic) bond motifs is 2. The summed E-state index contributed by atoms with van der Waals surface area (Å²) in [5.74, 6) is -0.937. The molecule has 170 valence electrons. The smallest absolute Gasteiger partial charge is 0.239 e. The van der Waals surface area contributed by atoms with E-state index in [1.165, 1.54) is 0 Å². The first-order valence-corrected chi connectivity index (χ1v) is 11.0. The van der Waals surface area contributed by atoms with Crippen LogP contribution in [0.4, 0.5) is 0 Å². The molecule has 2 saturated heterocycles. The Kier molecular flexibility index (Phi) is 6.25. The van der Waals surface area contributed by atoms with Crippen molar-refractivity contribution >= 4 is 16.8 Å². The second kappa shape index (κ2) is 8.78. The first-order chi connectivity index (χ1) is 15.0. The summed E-state index contributed by atoms with van der Waals surface area (Å²) in [5, 5.41) is 12.4. The number of piperidine rings is 1. The number of carbonyl (C=O) groups excluding carboxylic acids is 1. The lowest BCUT2D eigenvalue weighted by molar-refractivity contribution is -0.307. The molecule has 8 nitrogen and oxygen atoms in total. The van der Waals surface area contributed by atoms with Crippen molar-refractivity contribution in [1.82, 2.24) is 9.88 Å². The van der Waals surface area contributed by atoms with Crippen LogP contribution in [0.1, 0.15) is 32.3 Å². The molecule has 2 aromatic rings. The number of nitrogens with zero attached hydrogens (tertiary/aromatic N) is 1. The number of aromatic amines is 1. The van der Waals surface area contributed by atoms with Crippen molar-refractivity contribution in [2.45, 2.75) is 45.2 Å². The minimum atomic E-state index is -1.57. The van der Waals surface area contributed by atoms with E-state index in [1.54, 1.807) is 7.11 Å². The first kappa shape index (κ1) is 22.1. The molecule has 2 aliphatic rings. The third kappa shape index (κ3) is 3.51. The first-order valence-electron chi connectivity index (χ1n) is 11.0. The molecule has 31 heavy (non-hydrogen) atoms. The Balaban J connectivity index is 1.57. The molecular weight excluding hydrogens is 400 g/mol.